The second-order valence-electron chi connectivity index (χ2n) is 6.67. The van der Waals surface area contributed by atoms with Crippen LogP contribution in [0.5, 0.6) is 0 Å². The van der Waals surface area contributed by atoms with Gasteiger partial charge >= 0.3 is 5.97 Å². The first kappa shape index (κ1) is 16.0. The second kappa shape index (κ2) is 6.58. The maximum Gasteiger partial charge on any atom is 0.317 e. The summed E-state index contributed by atoms with van der Waals surface area (Å²) < 4.78 is 5.82. The number of carbonyl (C=O) groups is 1. The summed E-state index contributed by atoms with van der Waals surface area (Å²) in [7, 11) is 0. The molecule has 0 radical (unpaired) electrons. The van der Waals surface area contributed by atoms with Crippen molar-refractivity contribution in [2.75, 3.05) is 32.7 Å². The number of aromatic nitrogens is 1. The molecule has 21 heavy (non-hydrogen) atoms. The molecule has 6 heteroatoms. The van der Waals surface area contributed by atoms with E-state index in [0.717, 1.165) is 44.3 Å². The molecule has 2 rings (SSSR count). The normalized spacial score (nSPS) is 18.6. The molecule has 0 amide bonds. The summed E-state index contributed by atoms with van der Waals surface area (Å²) in [4.78, 5) is 19.4. The third-order valence-corrected chi connectivity index (χ3v) is 3.69. The van der Waals surface area contributed by atoms with E-state index in [9.17, 15) is 4.79 Å². The Kier molecular flexibility index (Phi) is 5.00. The number of hydrogen-bond donors (Lipinski definition) is 1. The van der Waals surface area contributed by atoms with Crippen LogP contribution in [0, 0.1) is 0 Å². The number of carboxylic acids is 1. The van der Waals surface area contributed by atoms with Crippen molar-refractivity contribution in [2.45, 2.75) is 39.2 Å². The van der Waals surface area contributed by atoms with Crippen LogP contribution in [0.1, 0.15) is 38.8 Å². The SMILES string of the molecule is CC(C)(C)c1cnc(CN2CCCN(CC(=O)O)CC2)o1. The molecule has 6 nitrogen and oxygen atoms in total. The van der Waals surface area contributed by atoms with E-state index in [-0.39, 0.29) is 12.0 Å². The topological polar surface area (TPSA) is 69.8 Å². The smallest absolute Gasteiger partial charge is 0.317 e. The molecule has 0 unspecified atom stereocenters. The summed E-state index contributed by atoms with van der Waals surface area (Å²) in [6.07, 6.45) is 2.78. The molecule has 118 valence electrons. The van der Waals surface area contributed by atoms with Crippen LogP contribution in [-0.2, 0) is 16.8 Å². The molecule has 2 heterocycles. The zero-order valence-corrected chi connectivity index (χ0v) is 13.1. The number of aliphatic carboxylic acids is 1. The largest absolute Gasteiger partial charge is 0.480 e. The minimum atomic E-state index is -0.758. The molecule has 0 spiro atoms. The lowest BCUT2D eigenvalue weighted by Gasteiger charge is -2.19. The average Bonchev–Trinajstić information content (AvgIpc) is 2.73. The lowest BCUT2D eigenvalue weighted by Crippen LogP contribution is -2.34. The molecule has 1 aliphatic heterocycles. The van der Waals surface area contributed by atoms with Gasteiger partial charge in [-0.3, -0.25) is 14.6 Å². The van der Waals surface area contributed by atoms with Gasteiger partial charge in [-0.25, -0.2) is 4.98 Å². The van der Waals surface area contributed by atoms with Gasteiger partial charge in [-0.05, 0) is 13.0 Å². The Bertz CT molecular complexity index is 479. The van der Waals surface area contributed by atoms with E-state index in [0.29, 0.717) is 6.54 Å². The zero-order valence-electron chi connectivity index (χ0n) is 13.1. The van der Waals surface area contributed by atoms with Gasteiger partial charge in [0, 0.05) is 25.0 Å². The van der Waals surface area contributed by atoms with Crippen LogP contribution in [0.2, 0.25) is 0 Å². The molecule has 1 fully saturated rings. The molecular weight excluding hydrogens is 270 g/mol. The molecule has 0 atom stereocenters. The minimum Gasteiger partial charge on any atom is -0.480 e. The van der Waals surface area contributed by atoms with Crippen molar-refractivity contribution >= 4 is 5.97 Å². The first-order valence-corrected chi connectivity index (χ1v) is 7.46. The van der Waals surface area contributed by atoms with Gasteiger partial charge in [0.05, 0.1) is 19.3 Å². The highest BCUT2D eigenvalue weighted by Gasteiger charge is 2.21. The number of oxazole rings is 1. The second-order valence-corrected chi connectivity index (χ2v) is 6.67. The lowest BCUT2D eigenvalue weighted by atomic mass is 9.94. The highest BCUT2D eigenvalue weighted by atomic mass is 16.4. The summed E-state index contributed by atoms with van der Waals surface area (Å²) in [6, 6.07) is 0. The minimum absolute atomic E-state index is 0.0255. The maximum atomic E-state index is 10.8. The molecule has 0 bridgehead atoms. The fourth-order valence-electron chi connectivity index (χ4n) is 2.45. The molecule has 1 saturated heterocycles. The molecular formula is C15H25N3O3. The Balaban J connectivity index is 1.89. The molecule has 1 N–H and O–H groups in total. The third kappa shape index (κ3) is 4.82. The van der Waals surface area contributed by atoms with Gasteiger partial charge in [-0.1, -0.05) is 20.8 Å². The Morgan fingerprint density at radius 1 is 1.29 bits per heavy atom. The molecule has 1 aromatic heterocycles. The van der Waals surface area contributed by atoms with Gasteiger partial charge < -0.3 is 9.52 Å². The monoisotopic (exact) mass is 295 g/mol. The summed E-state index contributed by atoms with van der Waals surface area (Å²) in [5, 5.41) is 8.86. The summed E-state index contributed by atoms with van der Waals surface area (Å²) in [6.45, 7) is 10.5. The first-order valence-electron chi connectivity index (χ1n) is 7.46. The highest BCUT2D eigenvalue weighted by molar-refractivity contribution is 5.69. The van der Waals surface area contributed by atoms with E-state index in [2.05, 4.69) is 30.7 Å². The van der Waals surface area contributed by atoms with Crippen LogP contribution in [-0.4, -0.2) is 58.6 Å². The van der Waals surface area contributed by atoms with Crippen molar-refractivity contribution < 1.29 is 14.3 Å². The van der Waals surface area contributed by atoms with Crippen molar-refractivity contribution in [1.29, 1.82) is 0 Å². The predicted octanol–water partition coefficient (Wildman–Crippen LogP) is 1.56. The van der Waals surface area contributed by atoms with Gasteiger partial charge in [-0.15, -0.1) is 0 Å². The molecule has 1 aromatic rings. The standard InChI is InChI=1S/C15H25N3O3/c1-15(2,3)12-9-16-13(21-12)10-17-5-4-6-18(8-7-17)11-14(19)20/h9H,4-8,10-11H2,1-3H3,(H,19,20). The summed E-state index contributed by atoms with van der Waals surface area (Å²) >= 11 is 0. The number of nitrogens with zero attached hydrogens (tertiary/aromatic N) is 3. The highest BCUT2D eigenvalue weighted by Crippen LogP contribution is 2.23. The summed E-state index contributed by atoms with van der Waals surface area (Å²) in [5.41, 5.74) is -0.0255. The van der Waals surface area contributed by atoms with Gasteiger partial charge in [0.1, 0.15) is 5.76 Å². The number of carboxylic acid groups (broad SMARTS) is 1. The van der Waals surface area contributed by atoms with E-state index in [1.807, 2.05) is 11.1 Å². The van der Waals surface area contributed by atoms with E-state index >= 15 is 0 Å². The molecule has 1 aliphatic rings. The van der Waals surface area contributed by atoms with E-state index < -0.39 is 5.97 Å². The fourth-order valence-corrected chi connectivity index (χ4v) is 2.45. The fraction of sp³-hybridized carbons (Fsp3) is 0.733. The average molecular weight is 295 g/mol. The van der Waals surface area contributed by atoms with Crippen LogP contribution < -0.4 is 0 Å². The van der Waals surface area contributed by atoms with Crippen molar-refractivity contribution in [2.24, 2.45) is 0 Å². The van der Waals surface area contributed by atoms with Crippen molar-refractivity contribution in [3.63, 3.8) is 0 Å². The Morgan fingerprint density at radius 2 is 1.95 bits per heavy atom. The van der Waals surface area contributed by atoms with Crippen molar-refractivity contribution in [3.8, 4) is 0 Å². The van der Waals surface area contributed by atoms with Crippen molar-refractivity contribution in [1.82, 2.24) is 14.8 Å². The quantitative estimate of drug-likeness (QED) is 0.909. The lowest BCUT2D eigenvalue weighted by molar-refractivity contribution is -0.138. The van der Waals surface area contributed by atoms with Crippen molar-refractivity contribution in [3.05, 3.63) is 17.8 Å². The van der Waals surface area contributed by atoms with Crippen LogP contribution >= 0.6 is 0 Å². The van der Waals surface area contributed by atoms with Crippen LogP contribution in [0.25, 0.3) is 0 Å². The Morgan fingerprint density at radius 3 is 2.57 bits per heavy atom. The van der Waals surface area contributed by atoms with E-state index in [1.165, 1.54) is 0 Å². The van der Waals surface area contributed by atoms with E-state index in [4.69, 9.17) is 9.52 Å². The molecule has 0 saturated carbocycles. The zero-order chi connectivity index (χ0) is 15.5. The number of rotatable bonds is 4. The van der Waals surface area contributed by atoms with Gasteiger partial charge in [0.25, 0.3) is 0 Å². The summed E-state index contributed by atoms with van der Waals surface area (Å²) in [5.74, 6) is 0.886. The predicted molar refractivity (Wildman–Crippen MR) is 79.2 cm³/mol. The Labute approximate surface area is 125 Å². The third-order valence-electron chi connectivity index (χ3n) is 3.69. The van der Waals surface area contributed by atoms with Crippen LogP contribution in [0.4, 0.5) is 0 Å². The Hall–Kier alpha value is -1.40. The van der Waals surface area contributed by atoms with Gasteiger partial charge in [0.15, 0.2) is 0 Å². The molecule has 0 aliphatic carbocycles. The maximum absolute atomic E-state index is 10.8. The van der Waals surface area contributed by atoms with Crippen LogP contribution in [0.3, 0.4) is 0 Å². The van der Waals surface area contributed by atoms with E-state index in [1.54, 1.807) is 0 Å². The molecule has 0 aromatic carbocycles. The van der Waals surface area contributed by atoms with Gasteiger partial charge in [0.2, 0.25) is 5.89 Å². The van der Waals surface area contributed by atoms with Crippen LogP contribution in [0.15, 0.2) is 10.6 Å². The first-order chi connectivity index (χ1) is 9.84. The van der Waals surface area contributed by atoms with Gasteiger partial charge in [-0.2, -0.15) is 0 Å². The number of hydrogen-bond acceptors (Lipinski definition) is 5.